The molecule has 3 rings (SSSR count). The zero-order valence-corrected chi connectivity index (χ0v) is 11.0. The van der Waals surface area contributed by atoms with Crippen LogP contribution < -0.4 is 5.73 Å². The third kappa shape index (κ3) is 2.15. The van der Waals surface area contributed by atoms with Crippen LogP contribution in [-0.4, -0.2) is 5.54 Å². The highest BCUT2D eigenvalue weighted by atomic mass is 14.8. The van der Waals surface area contributed by atoms with Gasteiger partial charge in [0.15, 0.2) is 0 Å². The van der Waals surface area contributed by atoms with Crippen molar-refractivity contribution < 1.29 is 0 Å². The molecule has 0 spiro atoms. The summed E-state index contributed by atoms with van der Waals surface area (Å²) in [5, 5.41) is 2.69. The number of benzene rings is 2. The Morgan fingerprint density at radius 2 is 1.94 bits per heavy atom. The predicted octanol–water partition coefficient (Wildman–Crippen LogP) is 3.90. The van der Waals surface area contributed by atoms with Crippen molar-refractivity contribution in [3.8, 4) is 0 Å². The summed E-state index contributed by atoms with van der Waals surface area (Å²) in [5.74, 6) is 0.782. The lowest BCUT2D eigenvalue weighted by Gasteiger charge is -2.25. The van der Waals surface area contributed by atoms with E-state index in [-0.39, 0.29) is 5.54 Å². The molecule has 94 valence electrons. The highest BCUT2D eigenvalue weighted by Crippen LogP contribution is 2.35. The van der Waals surface area contributed by atoms with Crippen molar-refractivity contribution in [3.05, 3.63) is 48.0 Å². The zero-order valence-electron chi connectivity index (χ0n) is 11.0. The van der Waals surface area contributed by atoms with Crippen molar-refractivity contribution in [1.29, 1.82) is 0 Å². The number of hydrogen-bond donors (Lipinski definition) is 1. The molecule has 1 fully saturated rings. The van der Waals surface area contributed by atoms with Gasteiger partial charge in [-0.2, -0.15) is 0 Å². The summed E-state index contributed by atoms with van der Waals surface area (Å²) < 4.78 is 0. The maximum atomic E-state index is 6.57. The van der Waals surface area contributed by atoms with Gasteiger partial charge in [-0.3, -0.25) is 0 Å². The van der Waals surface area contributed by atoms with E-state index in [9.17, 15) is 0 Å². The summed E-state index contributed by atoms with van der Waals surface area (Å²) >= 11 is 0. The Bertz CT molecular complexity index is 555. The van der Waals surface area contributed by atoms with Crippen LogP contribution in [-0.2, 0) is 6.42 Å². The molecule has 2 unspecified atom stereocenters. The molecule has 1 aliphatic rings. The average molecular weight is 239 g/mol. The van der Waals surface area contributed by atoms with Crippen molar-refractivity contribution in [2.45, 2.75) is 38.1 Å². The Morgan fingerprint density at radius 3 is 2.72 bits per heavy atom. The van der Waals surface area contributed by atoms with Gasteiger partial charge in [-0.25, -0.2) is 0 Å². The molecule has 0 aliphatic heterocycles. The summed E-state index contributed by atoms with van der Waals surface area (Å²) in [6.45, 7) is 2.32. The second-order valence-electron chi connectivity index (χ2n) is 6.03. The Kier molecular flexibility index (Phi) is 2.87. The van der Waals surface area contributed by atoms with Crippen molar-refractivity contribution in [1.82, 2.24) is 0 Å². The molecule has 2 aromatic rings. The van der Waals surface area contributed by atoms with Crippen molar-refractivity contribution in [2.24, 2.45) is 11.7 Å². The molecule has 18 heavy (non-hydrogen) atoms. The second kappa shape index (κ2) is 4.40. The lowest BCUT2D eigenvalue weighted by atomic mass is 9.87. The first-order valence-electron chi connectivity index (χ1n) is 6.92. The SMILES string of the molecule is CC1CCC(N)(Cc2cccc3ccccc23)C1. The smallest absolute Gasteiger partial charge is 0.0197 e. The average Bonchev–Trinajstić information content (AvgIpc) is 2.70. The highest BCUT2D eigenvalue weighted by molar-refractivity contribution is 5.85. The Hall–Kier alpha value is -1.34. The van der Waals surface area contributed by atoms with Gasteiger partial charge >= 0.3 is 0 Å². The molecule has 2 aromatic carbocycles. The molecular weight excluding hydrogens is 218 g/mol. The summed E-state index contributed by atoms with van der Waals surface area (Å²) in [4.78, 5) is 0. The van der Waals surface area contributed by atoms with Gasteiger partial charge in [0.2, 0.25) is 0 Å². The first-order chi connectivity index (χ1) is 8.66. The molecule has 0 radical (unpaired) electrons. The van der Waals surface area contributed by atoms with Gasteiger partial charge < -0.3 is 5.73 Å². The fraction of sp³-hybridized carbons (Fsp3) is 0.412. The molecule has 1 saturated carbocycles. The minimum Gasteiger partial charge on any atom is -0.325 e. The van der Waals surface area contributed by atoms with E-state index in [0.29, 0.717) is 0 Å². The van der Waals surface area contributed by atoms with E-state index in [0.717, 1.165) is 25.2 Å². The van der Waals surface area contributed by atoms with Gasteiger partial charge in [-0.1, -0.05) is 49.4 Å². The summed E-state index contributed by atoms with van der Waals surface area (Å²) in [5.41, 5.74) is 8.00. The van der Waals surface area contributed by atoms with Crippen LogP contribution in [0.15, 0.2) is 42.5 Å². The van der Waals surface area contributed by atoms with Crippen LogP contribution in [0.2, 0.25) is 0 Å². The van der Waals surface area contributed by atoms with Crippen LogP contribution in [0.1, 0.15) is 31.7 Å². The van der Waals surface area contributed by atoms with Gasteiger partial charge in [0.05, 0.1) is 0 Å². The van der Waals surface area contributed by atoms with Gasteiger partial charge in [0.1, 0.15) is 0 Å². The number of rotatable bonds is 2. The van der Waals surface area contributed by atoms with E-state index in [1.807, 2.05) is 0 Å². The normalized spacial score (nSPS) is 27.8. The van der Waals surface area contributed by atoms with Crippen molar-refractivity contribution in [3.63, 3.8) is 0 Å². The van der Waals surface area contributed by atoms with Crippen LogP contribution >= 0.6 is 0 Å². The predicted molar refractivity (Wildman–Crippen MR) is 77.6 cm³/mol. The minimum absolute atomic E-state index is 0.0174. The molecule has 2 N–H and O–H groups in total. The van der Waals surface area contributed by atoms with E-state index in [4.69, 9.17) is 5.73 Å². The maximum absolute atomic E-state index is 6.57. The molecule has 0 aromatic heterocycles. The Balaban J connectivity index is 1.95. The van der Waals surface area contributed by atoms with Crippen LogP contribution in [0.4, 0.5) is 0 Å². The molecule has 1 aliphatic carbocycles. The largest absolute Gasteiger partial charge is 0.325 e. The minimum atomic E-state index is 0.0174. The van der Waals surface area contributed by atoms with Crippen LogP contribution in [0.3, 0.4) is 0 Å². The molecular formula is C17H21N. The van der Waals surface area contributed by atoms with E-state index in [1.165, 1.54) is 22.8 Å². The lowest BCUT2D eigenvalue weighted by Crippen LogP contribution is -2.39. The summed E-state index contributed by atoms with van der Waals surface area (Å²) in [7, 11) is 0. The first-order valence-corrected chi connectivity index (χ1v) is 6.92. The monoisotopic (exact) mass is 239 g/mol. The molecule has 1 nitrogen and oxygen atoms in total. The topological polar surface area (TPSA) is 26.0 Å². The quantitative estimate of drug-likeness (QED) is 0.845. The second-order valence-corrected chi connectivity index (χ2v) is 6.03. The molecule has 2 atom stereocenters. The number of fused-ring (bicyclic) bond motifs is 1. The van der Waals surface area contributed by atoms with E-state index >= 15 is 0 Å². The van der Waals surface area contributed by atoms with Gasteiger partial charge in [0.25, 0.3) is 0 Å². The van der Waals surface area contributed by atoms with Crippen LogP contribution in [0, 0.1) is 5.92 Å². The maximum Gasteiger partial charge on any atom is 0.0197 e. The standard InChI is InChI=1S/C17H21N/c1-13-9-10-17(18,11-13)12-15-7-4-6-14-5-2-3-8-16(14)15/h2-8,13H,9-12,18H2,1H3. The third-order valence-electron chi connectivity index (χ3n) is 4.31. The van der Waals surface area contributed by atoms with Crippen LogP contribution in [0.5, 0.6) is 0 Å². The van der Waals surface area contributed by atoms with E-state index < -0.39 is 0 Å². The Morgan fingerprint density at radius 1 is 1.17 bits per heavy atom. The number of hydrogen-bond acceptors (Lipinski definition) is 1. The highest BCUT2D eigenvalue weighted by Gasteiger charge is 2.33. The molecule has 0 bridgehead atoms. The fourth-order valence-electron chi connectivity index (χ4n) is 3.42. The van der Waals surface area contributed by atoms with Crippen molar-refractivity contribution >= 4 is 10.8 Å². The van der Waals surface area contributed by atoms with Gasteiger partial charge in [-0.15, -0.1) is 0 Å². The number of nitrogens with two attached hydrogens (primary N) is 1. The molecule has 1 heteroatoms. The van der Waals surface area contributed by atoms with Gasteiger partial charge in [-0.05, 0) is 47.9 Å². The first kappa shape index (κ1) is 11.7. The lowest BCUT2D eigenvalue weighted by molar-refractivity contribution is 0.420. The van der Waals surface area contributed by atoms with E-state index in [1.54, 1.807) is 0 Å². The zero-order chi connectivity index (χ0) is 12.6. The molecule has 0 heterocycles. The summed E-state index contributed by atoms with van der Waals surface area (Å²) in [6.07, 6.45) is 4.62. The third-order valence-corrected chi connectivity index (χ3v) is 4.31. The van der Waals surface area contributed by atoms with E-state index in [2.05, 4.69) is 49.4 Å². The summed E-state index contributed by atoms with van der Waals surface area (Å²) in [6, 6.07) is 15.2. The Labute approximate surface area is 109 Å². The molecule has 0 amide bonds. The fourth-order valence-corrected chi connectivity index (χ4v) is 3.42. The van der Waals surface area contributed by atoms with Gasteiger partial charge in [0, 0.05) is 5.54 Å². The molecule has 0 saturated heterocycles. The van der Waals surface area contributed by atoms with Crippen LogP contribution in [0.25, 0.3) is 10.8 Å². The van der Waals surface area contributed by atoms with Crippen molar-refractivity contribution in [2.75, 3.05) is 0 Å².